The minimum Gasteiger partial charge on any atom is -0.339 e. The summed E-state index contributed by atoms with van der Waals surface area (Å²) in [5, 5.41) is 0. The van der Waals surface area contributed by atoms with E-state index in [0.717, 1.165) is 32.4 Å². The Hall–Kier alpha value is -2.43. The zero-order valence-corrected chi connectivity index (χ0v) is 15.5. The summed E-state index contributed by atoms with van der Waals surface area (Å²) < 4.78 is 0. The van der Waals surface area contributed by atoms with E-state index < -0.39 is 0 Å². The summed E-state index contributed by atoms with van der Waals surface area (Å²) in [6, 6.07) is 6.98. The molecule has 2 heterocycles. The second-order valence-electron chi connectivity index (χ2n) is 8.53. The summed E-state index contributed by atoms with van der Waals surface area (Å²) in [6.45, 7) is 3.81. The zero-order valence-electron chi connectivity index (χ0n) is 15.5. The van der Waals surface area contributed by atoms with Crippen LogP contribution in [0.1, 0.15) is 36.5 Å². The molecule has 2 bridgehead atoms. The van der Waals surface area contributed by atoms with Crippen molar-refractivity contribution in [1.82, 2.24) is 4.90 Å². The largest absolute Gasteiger partial charge is 0.339 e. The van der Waals surface area contributed by atoms with Gasteiger partial charge >= 0.3 is 0 Å². The fourth-order valence-electron chi connectivity index (χ4n) is 5.30. The molecule has 0 N–H and O–H groups in total. The quantitative estimate of drug-likeness (QED) is 0.599. The Balaban J connectivity index is 1.34. The first-order chi connectivity index (χ1) is 13.0. The number of carbonyl (C=O) groups is 3. The number of nitrogens with zero attached hydrogens (tertiary/aromatic N) is 2. The van der Waals surface area contributed by atoms with Crippen LogP contribution in [0.25, 0.3) is 0 Å². The van der Waals surface area contributed by atoms with Crippen molar-refractivity contribution in [2.75, 3.05) is 18.0 Å². The molecule has 5 nitrogen and oxygen atoms in total. The molecule has 4 atom stereocenters. The van der Waals surface area contributed by atoms with Gasteiger partial charge < -0.3 is 4.90 Å². The van der Waals surface area contributed by atoms with E-state index >= 15 is 0 Å². The van der Waals surface area contributed by atoms with E-state index in [1.807, 2.05) is 4.90 Å². The molecule has 2 aliphatic heterocycles. The summed E-state index contributed by atoms with van der Waals surface area (Å²) in [5.74, 6) is 0.595. The third kappa shape index (κ3) is 2.47. The van der Waals surface area contributed by atoms with E-state index in [1.165, 1.54) is 4.90 Å². The summed E-state index contributed by atoms with van der Waals surface area (Å²) in [5.41, 5.74) is 1.21. The lowest BCUT2D eigenvalue weighted by molar-refractivity contribution is -0.123. The lowest BCUT2D eigenvalue weighted by Gasteiger charge is -2.30. The molecule has 3 amide bonds. The Morgan fingerprint density at radius 3 is 2.04 bits per heavy atom. The van der Waals surface area contributed by atoms with Crippen molar-refractivity contribution in [2.45, 2.75) is 26.2 Å². The fourth-order valence-corrected chi connectivity index (χ4v) is 5.30. The van der Waals surface area contributed by atoms with Crippen LogP contribution in [0.5, 0.6) is 0 Å². The van der Waals surface area contributed by atoms with Gasteiger partial charge in [0.15, 0.2) is 0 Å². The number of fused-ring (bicyclic) bond motifs is 5. The molecule has 0 spiro atoms. The van der Waals surface area contributed by atoms with E-state index in [0.29, 0.717) is 17.2 Å². The summed E-state index contributed by atoms with van der Waals surface area (Å²) in [6.07, 6.45) is 7.21. The van der Waals surface area contributed by atoms with E-state index in [2.05, 4.69) is 19.1 Å². The molecule has 2 aliphatic carbocycles. The Labute approximate surface area is 159 Å². The van der Waals surface area contributed by atoms with Crippen LogP contribution in [-0.2, 0) is 9.59 Å². The predicted molar refractivity (Wildman–Crippen MR) is 101 cm³/mol. The van der Waals surface area contributed by atoms with Gasteiger partial charge in [0, 0.05) is 18.7 Å². The van der Waals surface area contributed by atoms with Gasteiger partial charge in [0.25, 0.3) is 5.91 Å². The molecule has 5 rings (SSSR count). The maximum absolute atomic E-state index is 12.9. The number of rotatable bonds is 2. The number of piperidine rings is 1. The Morgan fingerprint density at radius 2 is 1.48 bits per heavy atom. The molecular formula is C22H24N2O3. The first-order valence-corrected chi connectivity index (χ1v) is 10.00. The van der Waals surface area contributed by atoms with Crippen LogP contribution in [0.15, 0.2) is 36.4 Å². The van der Waals surface area contributed by atoms with Crippen LogP contribution >= 0.6 is 0 Å². The molecule has 27 heavy (non-hydrogen) atoms. The first kappa shape index (κ1) is 16.7. The zero-order chi connectivity index (χ0) is 18.7. The molecule has 0 unspecified atom stereocenters. The van der Waals surface area contributed by atoms with Gasteiger partial charge in [-0.1, -0.05) is 19.1 Å². The van der Waals surface area contributed by atoms with Gasteiger partial charge in [-0.05, 0) is 61.3 Å². The topological polar surface area (TPSA) is 57.7 Å². The smallest absolute Gasteiger partial charge is 0.253 e. The van der Waals surface area contributed by atoms with Gasteiger partial charge in [-0.25, -0.2) is 0 Å². The lowest BCUT2D eigenvalue weighted by Crippen LogP contribution is -2.38. The van der Waals surface area contributed by atoms with Crippen LogP contribution in [0.3, 0.4) is 0 Å². The number of hydrogen-bond acceptors (Lipinski definition) is 3. The predicted octanol–water partition coefficient (Wildman–Crippen LogP) is 2.87. The van der Waals surface area contributed by atoms with Gasteiger partial charge in [0.05, 0.1) is 17.5 Å². The van der Waals surface area contributed by atoms with Crippen LogP contribution in [0.2, 0.25) is 0 Å². The van der Waals surface area contributed by atoms with Crippen LogP contribution in [0.4, 0.5) is 5.69 Å². The van der Waals surface area contributed by atoms with Crippen molar-refractivity contribution in [3.05, 3.63) is 42.0 Å². The number of allylic oxidation sites excluding steroid dienone is 2. The number of imide groups is 1. The number of anilines is 1. The maximum Gasteiger partial charge on any atom is 0.253 e. The highest BCUT2D eigenvalue weighted by Crippen LogP contribution is 2.53. The molecule has 3 fully saturated rings. The van der Waals surface area contributed by atoms with E-state index in [-0.39, 0.29) is 41.4 Å². The molecule has 0 aromatic heterocycles. The number of hydrogen-bond donors (Lipinski definition) is 0. The Kier molecular flexibility index (Phi) is 3.74. The highest BCUT2D eigenvalue weighted by Gasteiger charge is 2.59. The van der Waals surface area contributed by atoms with Crippen molar-refractivity contribution < 1.29 is 14.4 Å². The number of likely N-dealkylation sites (tertiary alicyclic amines) is 1. The number of amides is 3. The van der Waals surface area contributed by atoms with Crippen molar-refractivity contribution in [1.29, 1.82) is 0 Å². The maximum atomic E-state index is 12.9. The monoisotopic (exact) mass is 364 g/mol. The average Bonchev–Trinajstić information content (AvgIpc) is 3.36. The number of benzene rings is 1. The van der Waals surface area contributed by atoms with Crippen LogP contribution in [-0.4, -0.2) is 35.7 Å². The summed E-state index contributed by atoms with van der Waals surface area (Å²) in [7, 11) is 0. The fraction of sp³-hybridized carbons (Fsp3) is 0.500. The second kappa shape index (κ2) is 6.04. The van der Waals surface area contributed by atoms with Gasteiger partial charge in [-0.2, -0.15) is 0 Å². The molecule has 0 radical (unpaired) electrons. The first-order valence-electron chi connectivity index (χ1n) is 10.00. The average molecular weight is 364 g/mol. The molecule has 5 heteroatoms. The third-order valence-corrected chi connectivity index (χ3v) is 6.91. The third-order valence-electron chi connectivity index (χ3n) is 6.91. The highest BCUT2D eigenvalue weighted by molar-refractivity contribution is 6.22. The van der Waals surface area contributed by atoms with Crippen molar-refractivity contribution >= 4 is 23.4 Å². The minimum absolute atomic E-state index is 0.0339. The van der Waals surface area contributed by atoms with Gasteiger partial charge in [0.2, 0.25) is 11.8 Å². The molecule has 140 valence electrons. The van der Waals surface area contributed by atoms with Crippen molar-refractivity contribution in [3.63, 3.8) is 0 Å². The second-order valence-corrected chi connectivity index (χ2v) is 8.53. The highest BCUT2D eigenvalue weighted by atomic mass is 16.2. The molecule has 2 saturated heterocycles. The summed E-state index contributed by atoms with van der Waals surface area (Å²) in [4.78, 5) is 41.7. The Bertz CT molecular complexity index is 806. The number of carbonyl (C=O) groups excluding carboxylic acids is 3. The van der Waals surface area contributed by atoms with E-state index in [4.69, 9.17) is 0 Å². The molecular weight excluding hydrogens is 340 g/mol. The van der Waals surface area contributed by atoms with Gasteiger partial charge in [0.1, 0.15) is 0 Å². The lowest BCUT2D eigenvalue weighted by atomic mass is 9.85. The SMILES string of the molecule is CC1CCN(C(=O)c2ccc(N3C(=O)[C@H]4[C@H](C3=O)[C@H]3C=C[C@H]4C3)cc2)CC1. The summed E-state index contributed by atoms with van der Waals surface area (Å²) >= 11 is 0. The molecule has 1 aromatic carbocycles. The van der Waals surface area contributed by atoms with Crippen LogP contribution in [0, 0.1) is 29.6 Å². The molecule has 1 aromatic rings. The molecule has 4 aliphatic rings. The standard InChI is InChI=1S/C22H24N2O3/c1-13-8-10-23(11-9-13)20(25)14-4-6-17(7-5-14)24-21(26)18-15-2-3-16(12-15)19(18)22(24)27/h2-7,13,15-16,18-19H,8-12H2,1H3/t15-,16-,18+,19+/m0/s1. The van der Waals surface area contributed by atoms with Gasteiger partial charge in [-0.15, -0.1) is 0 Å². The molecule has 1 saturated carbocycles. The van der Waals surface area contributed by atoms with Crippen molar-refractivity contribution in [3.8, 4) is 0 Å². The van der Waals surface area contributed by atoms with Gasteiger partial charge in [-0.3, -0.25) is 19.3 Å². The normalized spacial score (nSPS) is 32.5. The van der Waals surface area contributed by atoms with Crippen LogP contribution < -0.4 is 4.90 Å². The Morgan fingerprint density at radius 1 is 0.926 bits per heavy atom. The minimum atomic E-state index is -0.191. The van der Waals surface area contributed by atoms with Crippen molar-refractivity contribution in [2.24, 2.45) is 29.6 Å². The van der Waals surface area contributed by atoms with E-state index in [9.17, 15) is 14.4 Å². The van der Waals surface area contributed by atoms with E-state index in [1.54, 1.807) is 24.3 Å².